The molecule has 1 heterocycles. The molecule has 3 N–H and O–H groups in total. The summed E-state index contributed by atoms with van der Waals surface area (Å²) in [5, 5.41) is 2.14. The van der Waals surface area contributed by atoms with Crippen LogP contribution in [0.5, 0.6) is 0 Å². The van der Waals surface area contributed by atoms with Crippen LogP contribution in [0.15, 0.2) is 61.3 Å². The highest BCUT2D eigenvalue weighted by Crippen LogP contribution is 2.27. The number of nitrogens with one attached hydrogen (secondary N) is 1. The van der Waals surface area contributed by atoms with Crippen LogP contribution in [0.4, 0.5) is 10.1 Å². The van der Waals surface area contributed by atoms with Gasteiger partial charge in [-0.3, -0.25) is 15.8 Å². The van der Waals surface area contributed by atoms with E-state index >= 15 is 0 Å². The number of allylic oxidation sites excluding steroid dienone is 1. The molecule has 8 heteroatoms. The van der Waals surface area contributed by atoms with Gasteiger partial charge in [-0.1, -0.05) is 63.2 Å². The van der Waals surface area contributed by atoms with Gasteiger partial charge in [0.25, 0.3) is 0 Å². The van der Waals surface area contributed by atoms with Crippen molar-refractivity contribution in [1.29, 1.82) is 0 Å². The topological polar surface area (TPSA) is 51.0 Å². The zero-order valence-electron chi connectivity index (χ0n) is 22.6. The third-order valence-corrected chi connectivity index (χ3v) is 7.05. The molecule has 0 unspecified atom stereocenters. The second kappa shape index (κ2) is 14.9. The van der Waals surface area contributed by atoms with Crippen LogP contribution >= 0.6 is 11.9 Å². The summed E-state index contributed by atoms with van der Waals surface area (Å²) in [7, 11) is 0. The van der Waals surface area contributed by atoms with E-state index in [1.165, 1.54) is 11.6 Å². The standard InChI is InChI=1S/C26H37FN6S.C2H6/c1-6-33(34-5)32(19-24-11-10-23(17-26(24)27)21(4)29-28)25-9-7-8-22(16-25)18-30-12-14-31(15-13-30)20(2)3;1-2/h7-11,16-17,29H,2,4,6,12-15,18-19,28H2,1,3,5H3;1-2H3. The molecule has 3 rings (SSSR count). The van der Waals surface area contributed by atoms with Crippen LogP contribution in [0, 0.1) is 5.82 Å². The molecule has 1 fully saturated rings. The molecule has 0 amide bonds. The second-order valence-electron chi connectivity index (χ2n) is 8.51. The number of benzene rings is 2. The lowest BCUT2D eigenvalue weighted by atomic mass is 10.1. The Morgan fingerprint density at radius 1 is 1.11 bits per heavy atom. The lowest BCUT2D eigenvalue weighted by Crippen LogP contribution is -2.44. The highest BCUT2D eigenvalue weighted by molar-refractivity contribution is 7.96. The molecule has 198 valence electrons. The lowest BCUT2D eigenvalue weighted by molar-refractivity contribution is 0.153. The van der Waals surface area contributed by atoms with Crippen molar-refractivity contribution in [2.75, 3.05) is 44.0 Å². The van der Waals surface area contributed by atoms with Crippen LogP contribution in [0.2, 0.25) is 0 Å². The molecule has 0 saturated carbocycles. The second-order valence-corrected chi connectivity index (χ2v) is 9.29. The maximum atomic E-state index is 15.0. The van der Waals surface area contributed by atoms with Gasteiger partial charge in [0, 0.05) is 61.8 Å². The van der Waals surface area contributed by atoms with E-state index in [-0.39, 0.29) is 5.82 Å². The van der Waals surface area contributed by atoms with E-state index in [9.17, 15) is 4.39 Å². The number of hydrogen-bond donors (Lipinski definition) is 2. The van der Waals surface area contributed by atoms with Crippen LogP contribution in [0.25, 0.3) is 5.70 Å². The molecule has 0 aliphatic carbocycles. The summed E-state index contributed by atoms with van der Waals surface area (Å²) in [6, 6.07) is 13.7. The van der Waals surface area contributed by atoms with E-state index in [0.29, 0.717) is 23.4 Å². The molecule has 1 aliphatic rings. The number of piperazine rings is 1. The van der Waals surface area contributed by atoms with Gasteiger partial charge in [-0.25, -0.2) is 4.39 Å². The van der Waals surface area contributed by atoms with Gasteiger partial charge in [0.05, 0.1) is 12.2 Å². The van der Waals surface area contributed by atoms with Crippen molar-refractivity contribution < 1.29 is 4.39 Å². The van der Waals surface area contributed by atoms with Gasteiger partial charge in [-0.05, 0) is 43.9 Å². The molecule has 1 aliphatic heterocycles. The van der Waals surface area contributed by atoms with Crippen LogP contribution in [-0.2, 0) is 13.1 Å². The van der Waals surface area contributed by atoms with Gasteiger partial charge in [0.2, 0.25) is 0 Å². The fourth-order valence-electron chi connectivity index (χ4n) is 4.17. The summed E-state index contributed by atoms with van der Waals surface area (Å²) >= 11 is 1.63. The Balaban J connectivity index is 0.00000222. The van der Waals surface area contributed by atoms with Crippen molar-refractivity contribution in [2.24, 2.45) is 5.84 Å². The minimum absolute atomic E-state index is 0.275. The Bertz CT molecular complexity index is 986. The first-order valence-corrected chi connectivity index (χ1v) is 13.8. The first-order chi connectivity index (χ1) is 17.4. The number of hydrazine groups is 2. The summed E-state index contributed by atoms with van der Waals surface area (Å²) in [6.45, 7) is 22.2. The molecule has 2 aromatic carbocycles. The molecule has 6 nitrogen and oxygen atoms in total. The number of anilines is 1. The van der Waals surface area contributed by atoms with Gasteiger partial charge >= 0.3 is 0 Å². The smallest absolute Gasteiger partial charge is 0.128 e. The maximum absolute atomic E-state index is 15.0. The van der Waals surface area contributed by atoms with Gasteiger partial charge in [-0.2, -0.15) is 4.41 Å². The van der Waals surface area contributed by atoms with Crippen LogP contribution in [0.1, 0.15) is 44.4 Å². The number of halogens is 1. The van der Waals surface area contributed by atoms with E-state index in [2.05, 4.69) is 75.9 Å². The van der Waals surface area contributed by atoms with E-state index in [0.717, 1.165) is 50.7 Å². The normalized spacial score (nSPS) is 13.7. The molecule has 1 saturated heterocycles. The van der Waals surface area contributed by atoms with Gasteiger partial charge in [0.1, 0.15) is 5.82 Å². The highest BCUT2D eigenvalue weighted by atomic mass is 32.2. The molecule has 0 aromatic heterocycles. The Morgan fingerprint density at radius 2 is 1.81 bits per heavy atom. The number of hydrogen-bond acceptors (Lipinski definition) is 7. The fraction of sp³-hybridized carbons (Fsp3) is 0.429. The van der Waals surface area contributed by atoms with Gasteiger partial charge in [0.15, 0.2) is 0 Å². The van der Waals surface area contributed by atoms with E-state index in [1.54, 1.807) is 18.0 Å². The Morgan fingerprint density at radius 3 is 2.36 bits per heavy atom. The molecular formula is C28H43FN6S. The maximum Gasteiger partial charge on any atom is 0.128 e. The minimum Gasteiger partial charge on any atom is -0.373 e. The average Bonchev–Trinajstić information content (AvgIpc) is 2.90. The molecule has 0 bridgehead atoms. The van der Waals surface area contributed by atoms with E-state index in [4.69, 9.17) is 5.84 Å². The summed E-state index contributed by atoms with van der Waals surface area (Å²) in [5.74, 6) is 5.15. The van der Waals surface area contributed by atoms with Crippen molar-refractivity contribution in [1.82, 2.24) is 19.6 Å². The van der Waals surface area contributed by atoms with Crippen molar-refractivity contribution in [3.8, 4) is 0 Å². The molecule has 0 spiro atoms. The zero-order chi connectivity index (χ0) is 26.7. The molecule has 0 atom stereocenters. The molecule has 2 aromatic rings. The number of rotatable bonds is 11. The summed E-state index contributed by atoms with van der Waals surface area (Å²) in [6.07, 6.45) is 2.04. The van der Waals surface area contributed by atoms with Crippen LogP contribution in [0.3, 0.4) is 0 Å². The van der Waals surface area contributed by atoms with Crippen molar-refractivity contribution in [3.63, 3.8) is 0 Å². The van der Waals surface area contributed by atoms with E-state index < -0.39 is 0 Å². The summed E-state index contributed by atoms with van der Waals surface area (Å²) in [5.41, 5.74) is 7.66. The van der Waals surface area contributed by atoms with Crippen molar-refractivity contribution in [3.05, 3.63) is 83.8 Å². The van der Waals surface area contributed by atoms with Gasteiger partial charge < -0.3 is 10.3 Å². The highest BCUT2D eigenvalue weighted by Gasteiger charge is 2.20. The predicted molar refractivity (Wildman–Crippen MR) is 154 cm³/mol. The lowest BCUT2D eigenvalue weighted by Gasteiger charge is -2.37. The monoisotopic (exact) mass is 514 g/mol. The SMILES string of the molecule is C=C(NN)c1ccc(CN(c2cccc(CN3CCN(C(=C)C)CC3)c2)N(CC)SC)c(F)c1.CC. The summed E-state index contributed by atoms with van der Waals surface area (Å²) < 4.78 is 17.1. The minimum atomic E-state index is -0.275. The third kappa shape index (κ3) is 8.00. The van der Waals surface area contributed by atoms with Crippen molar-refractivity contribution >= 4 is 23.3 Å². The Kier molecular flexibility index (Phi) is 12.3. The first-order valence-electron chi connectivity index (χ1n) is 12.6. The third-order valence-electron chi connectivity index (χ3n) is 6.17. The number of nitrogens with zero attached hydrogens (tertiary/aromatic N) is 4. The molecule has 36 heavy (non-hydrogen) atoms. The summed E-state index contributed by atoms with van der Waals surface area (Å²) in [4.78, 5) is 4.82. The van der Waals surface area contributed by atoms with Crippen LogP contribution < -0.4 is 16.3 Å². The van der Waals surface area contributed by atoms with Gasteiger partial charge in [-0.15, -0.1) is 0 Å². The van der Waals surface area contributed by atoms with Crippen molar-refractivity contribution in [2.45, 2.75) is 40.8 Å². The zero-order valence-corrected chi connectivity index (χ0v) is 23.4. The first kappa shape index (κ1) is 29.7. The predicted octanol–water partition coefficient (Wildman–Crippen LogP) is 5.46. The Labute approximate surface area is 221 Å². The Hall–Kier alpha value is -2.52. The average molecular weight is 515 g/mol. The largest absolute Gasteiger partial charge is 0.373 e. The molecular weight excluding hydrogens is 471 g/mol. The fourth-order valence-corrected chi connectivity index (χ4v) is 4.77. The quantitative estimate of drug-likeness (QED) is 0.235. The number of nitrogens with two attached hydrogens (primary N) is 1. The van der Waals surface area contributed by atoms with Crippen LogP contribution in [-0.4, -0.2) is 53.2 Å². The molecule has 0 radical (unpaired) electrons. The van der Waals surface area contributed by atoms with E-state index in [1.807, 2.05) is 26.2 Å².